The summed E-state index contributed by atoms with van der Waals surface area (Å²) in [5, 5.41) is 7.22. The zero-order valence-corrected chi connectivity index (χ0v) is 19.0. The number of nitrogens with zero attached hydrogens (tertiary/aromatic N) is 1. The summed E-state index contributed by atoms with van der Waals surface area (Å²) in [4.78, 5) is 29.9. The van der Waals surface area contributed by atoms with Gasteiger partial charge in [0.15, 0.2) is 11.6 Å². The molecule has 0 bridgehead atoms. The number of benzene rings is 2. The largest absolute Gasteiger partial charge is 0.494 e. The number of carbonyl (C=O) groups is 2. The molecule has 4 rings (SSSR count). The lowest BCUT2D eigenvalue weighted by Gasteiger charge is -2.09. The highest BCUT2D eigenvalue weighted by Gasteiger charge is 2.22. The Labute approximate surface area is 197 Å². The quantitative estimate of drug-likeness (QED) is 0.329. The SMILES string of the molecule is COC(=O)c1sc(-c2cc(OC)c(F)cc2Cl)cc1NC(=O)Nc1cncc2ccccc12. The van der Waals surface area contributed by atoms with Crippen LogP contribution in [0.15, 0.2) is 54.9 Å². The first-order valence-electron chi connectivity index (χ1n) is 9.57. The first kappa shape index (κ1) is 22.5. The minimum Gasteiger partial charge on any atom is -0.494 e. The Bertz CT molecular complexity index is 1370. The minimum atomic E-state index is -0.640. The highest BCUT2D eigenvalue weighted by atomic mass is 35.5. The number of carbonyl (C=O) groups excluding carboxylic acids is 2. The number of fused-ring (bicyclic) bond motifs is 1. The standard InChI is InChI=1S/C23H17ClFN3O4S/c1-31-19-7-14(15(24)8-16(19)25)20-9-17(21(33-20)22(29)32-2)27-23(30)28-18-11-26-10-12-5-3-4-6-13(12)18/h3-11H,1-2H3,(H2,27,28,30). The van der Waals surface area contributed by atoms with Crippen molar-refractivity contribution in [1.29, 1.82) is 0 Å². The molecule has 2 heterocycles. The van der Waals surface area contributed by atoms with Gasteiger partial charge in [0.25, 0.3) is 0 Å². The van der Waals surface area contributed by atoms with Crippen molar-refractivity contribution in [3.63, 3.8) is 0 Å². The van der Waals surface area contributed by atoms with E-state index in [2.05, 4.69) is 15.6 Å². The molecule has 0 spiro atoms. The molecule has 10 heteroatoms. The molecule has 0 aliphatic rings. The Hall–Kier alpha value is -3.69. The summed E-state index contributed by atoms with van der Waals surface area (Å²) in [5.41, 5.74) is 1.16. The van der Waals surface area contributed by atoms with Crippen molar-refractivity contribution in [3.8, 4) is 16.2 Å². The third-order valence-corrected chi connectivity index (χ3v) is 6.24. The first-order valence-corrected chi connectivity index (χ1v) is 10.8. The van der Waals surface area contributed by atoms with Gasteiger partial charge in [0.2, 0.25) is 0 Å². The van der Waals surface area contributed by atoms with Crippen molar-refractivity contribution in [1.82, 2.24) is 4.98 Å². The van der Waals surface area contributed by atoms with E-state index >= 15 is 0 Å². The number of amides is 2. The Balaban J connectivity index is 1.67. The van der Waals surface area contributed by atoms with Gasteiger partial charge < -0.3 is 20.1 Å². The van der Waals surface area contributed by atoms with Crippen LogP contribution in [0.4, 0.5) is 20.6 Å². The van der Waals surface area contributed by atoms with Crippen LogP contribution < -0.4 is 15.4 Å². The number of rotatable bonds is 5. The molecule has 4 aromatic rings. The molecule has 0 saturated carbocycles. The number of methoxy groups -OCH3 is 2. The average molecular weight is 486 g/mol. The van der Waals surface area contributed by atoms with E-state index < -0.39 is 17.8 Å². The van der Waals surface area contributed by atoms with E-state index in [1.807, 2.05) is 24.3 Å². The highest BCUT2D eigenvalue weighted by Crippen LogP contribution is 2.41. The number of hydrogen-bond donors (Lipinski definition) is 2. The molecule has 0 unspecified atom stereocenters. The molecule has 168 valence electrons. The van der Waals surface area contributed by atoms with Crippen LogP contribution in [-0.2, 0) is 4.74 Å². The van der Waals surface area contributed by atoms with Gasteiger partial charge in [0.05, 0.1) is 36.8 Å². The molecule has 0 aliphatic carbocycles. The maximum Gasteiger partial charge on any atom is 0.350 e. The second-order valence-corrected chi connectivity index (χ2v) is 8.26. The van der Waals surface area contributed by atoms with E-state index in [-0.39, 0.29) is 21.3 Å². The van der Waals surface area contributed by atoms with Crippen molar-refractivity contribution in [2.45, 2.75) is 0 Å². The second kappa shape index (κ2) is 9.43. The summed E-state index contributed by atoms with van der Waals surface area (Å²) >= 11 is 7.27. The Morgan fingerprint density at radius 3 is 2.58 bits per heavy atom. The van der Waals surface area contributed by atoms with Crippen molar-refractivity contribution in [3.05, 3.63) is 70.6 Å². The molecule has 0 radical (unpaired) electrons. The molecule has 2 N–H and O–H groups in total. The van der Waals surface area contributed by atoms with Crippen LogP contribution in [0, 0.1) is 5.82 Å². The summed E-state index contributed by atoms with van der Waals surface area (Å²) in [6, 6.07) is 11.0. The number of aromatic nitrogens is 1. The van der Waals surface area contributed by atoms with Crippen LogP contribution in [0.5, 0.6) is 5.75 Å². The highest BCUT2D eigenvalue weighted by molar-refractivity contribution is 7.18. The molecule has 2 aromatic carbocycles. The van der Waals surface area contributed by atoms with Gasteiger partial charge in [-0.15, -0.1) is 11.3 Å². The number of urea groups is 1. The number of nitrogens with one attached hydrogen (secondary N) is 2. The van der Waals surface area contributed by atoms with Crippen LogP contribution in [0.3, 0.4) is 0 Å². The normalized spacial score (nSPS) is 10.7. The van der Waals surface area contributed by atoms with Crippen LogP contribution >= 0.6 is 22.9 Å². The summed E-state index contributed by atoms with van der Waals surface area (Å²) in [6.07, 6.45) is 3.23. The van der Waals surface area contributed by atoms with Gasteiger partial charge in [-0.3, -0.25) is 4.98 Å². The number of thiophene rings is 1. The van der Waals surface area contributed by atoms with Gasteiger partial charge in [-0.25, -0.2) is 14.0 Å². The summed E-state index contributed by atoms with van der Waals surface area (Å²) in [6.45, 7) is 0. The van der Waals surface area contributed by atoms with Gasteiger partial charge in [0.1, 0.15) is 4.88 Å². The molecule has 0 fully saturated rings. The topological polar surface area (TPSA) is 89.5 Å². The fourth-order valence-corrected chi connectivity index (χ4v) is 4.60. The Morgan fingerprint density at radius 1 is 1.06 bits per heavy atom. The number of halogens is 2. The molecule has 0 atom stereocenters. The average Bonchev–Trinajstić information content (AvgIpc) is 3.22. The molecule has 2 aromatic heterocycles. The first-order chi connectivity index (χ1) is 15.9. The molecule has 7 nitrogen and oxygen atoms in total. The van der Waals surface area contributed by atoms with Gasteiger partial charge in [-0.1, -0.05) is 35.9 Å². The van der Waals surface area contributed by atoms with Crippen LogP contribution in [0.2, 0.25) is 5.02 Å². The smallest absolute Gasteiger partial charge is 0.350 e. The predicted octanol–water partition coefficient (Wildman–Crippen LogP) is 6.20. The number of esters is 1. The lowest BCUT2D eigenvalue weighted by atomic mass is 10.1. The fourth-order valence-electron chi connectivity index (χ4n) is 3.23. The van der Waals surface area contributed by atoms with Crippen molar-refractivity contribution in [2.75, 3.05) is 24.9 Å². The van der Waals surface area contributed by atoms with Gasteiger partial charge in [0, 0.05) is 27.4 Å². The van der Waals surface area contributed by atoms with Gasteiger partial charge >= 0.3 is 12.0 Å². The van der Waals surface area contributed by atoms with Crippen molar-refractivity contribution < 1.29 is 23.5 Å². The van der Waals surface area contributed by atoms with E-state index in [4.69, 9.17) is 21.1 Å². The van der Waals surface area contributed by atoms with Crippen molar-refractivity contribution >= 4 is 57.1 Å². The predicted molar refractivity (Wildman–Crippen MR) is 127 cm³/mol. The van der Waals surface area contributed by atoms with E-state index in [0.29, 0.717) is 16.1 Å². The molecule has 33 heavy (non-hydrogen) atoms. The fraction of sp³-hybridized carbons (Fsp3) is 0.0870. The number of hydrogen-bond acceptors (Lipinski definition) is 6. The van der Waals surface area contributed by atoms with E-state index in [0.717, 1.165) is 28.2 Å². The lowest BCUT2D eigenvalue weighted by Crippen LogP contribution is -2.20. The molecular weight excluding hydrogens is 469 g/mol. The molecule has 0 saturated heterocycles. The van der Waals surface area contributed by atoms with Gasteiger partial charge in [-0.05, 0) is 18.2 Å². The maximum atomic E-state index is 14.0. The number of pyridine rings is 1. The second-order valence-electron chi connectivity index (χ2n) is 6.80. The van der Waals surface area contributed by atoms with E-state index in [9.17, 15) is 14.0 Å². The van der Waals surface area contributed by atoms with Crippen LogP contribution in [0.1, 0.15) is 9.67 Å². The van der Waals surface area contributed by atoms with Crippen molar-refractivity contribution in [2.24, 2.45) is 0 Å². The molecule has 2 amide bonds. The van der Waals surface area contributed by atoms with Gasteiger partial charge in [-0.2, -0.15) is 0 Å². The van der Waals surface area contributed by atoms with E-state index in [1.165, 1.54) is 26.5 Å². The summed E-state index contributed by atoms with van der Waals surface area (Å²) in [5.74, 6) is -1.26. The zero-order chi connectivity index (χ0) is 23.5. The molecular formula is C23H17ClFN3O4S. The van der Waals surface area contributed by atoms with Crippen LogP contribution in [-0.4, -0.2) is 31.2 Å². The Morgan fingerprint density at radius 2 is 1.82 bits per heavy atom. The summed E-state index contributed by atoms with van der Waals surface area (Å²) in [7, 11) is 2.57. The number of anilines is 2. The number of ether oxygens (including phenoxy) is 2. The molecule has 0 aliphatic heterocycles. The Kier molecular flexibility index (Phi) is 6.43. The third-order valence-electron chi connectivity index (χ3n) is 4.77. The van der Waals surface area contributed by atoms with E-state index in [1.54, 1.807) is 12.3 Å². The maximum absolute atomic E-state index is 14.0. The van der Waals surface area contributed by atoms with Crippen LogP contribution in [0.25, 0.3) is 21.2 Å². The monoisotopic (exact) mass is 485 g/mol. The zero-order valence-electron chi connectivity index (χ0n) is 17.4. The third kappa shape index (κ3) is 4.59. The lowest BCUT2D eigenvalue weighted by molar-refractivity contribution is 0.0607. The summed E-state index contributed by atoms with van der Waals surface area (Å²) < 4.78 is 23.8. The minimum absolute atomic E-state index is 0.00174.